The van der Waals surface area contributed by atoms with Crippen molar-refractivity contribution in [2.75, 3.05) is 13.7 Å². The summed E-state index contributed by atoms with van der Waals surface area (Å²) in [6.45, 7) is 6.37. The van der Waals surface area contributed by atoms with E-state index in [9.17, 15) is 9.59 Å². The molecule has 0 unspecified atom stereocenters. The first-order valence-electron chi connectivity index (χ1n) is 5.79. The third-order valence-corrected chi connectivity index (χ3v) is 2.90. The zero-order valence-electron chi connectivity index (χ0n) is 11.2. The van der Waals surface area contributed by atoms with Crippen molar-refractivity contribution in [3.05, 3.63) is 29.3 Å². The lowest BCUT2D eigenvalue weighted by molar-refractivity contribution is -0.131. The Hall–Kier alpha value is -1.84. The van der Waals surface area contributed by atoms with Crippen LogP contribution in [0.2, 0.25) is 0 Å². The predicted molar refractivity (Wildman–Crippen MR) is 69.8 cm³/mol. The zero-order valence-corrected chi connectivity index (χ0v) is 11.2. The molecule has 1 aromatic rings. The quantitative estimate of drug-likeness (QED) is 0.637. The van der Waals surface area contributed by atoms with Crippen LogP contribution in [0.5, 0.6) is 5.75 Å². The minimum Gasteiger partial charge on any atom is -0.496 e. The molecule has 18 heavy (non-hydrogen) atoms. The van der Waals surface area contributed by atoms with Crippen molar-refractivity contribution in [3.8, 4) is 5.75 Å². The summed E-state index contributed by atoms with van der Waals surface area (Å²) in [6, 6.07) is 5.92. The minimum absolute atomic E-state index is 0.281. The third-order valence-electron chi connectivity index (χ3n) is 2.90. The molecular formula is C14H19NO3. The van der Waals surface area contributed by atoms with Gasteiger partial charge in [-0.2, -0.15) is 0 Å². The summed E-state index contributed by atoms with van der Waals surface area (Å²) in [7, 11) is 1.62. The van der Waals surface area contributed by atoms with Crippen LogP contribution in [-0.2, 0) is 15.0 Å². The predicted octanol–water partition coefficient (Wildman–Crippen LogP) is 1.60. The van der Waals surface area contributed by atoms with Crippen molar-refractivity contribution >= 4 is 12.2 Å². The molecule has 0 saturated heterocycles. The molecule has 0 fully saturated rings. The fourth-order valence-corrected chi connectivity index (χ4v) is 1.80. The maximum atomic E-state index is 11.0. The number of carbonyl (C=O) groups is 2. The van der Waals surface area contributed by atoms with E-state index in [4.69, 9.17) is 4.74 Å². The SMILES string of the molecule is COc1ccc(C)cc1C(C)(C)CNC(=O)C=O. The van der Waals surface area contributed by atoms with Gasteiger partial charge in [-0.25, -0.2) is 0 Å². The monoisotopic (exact) mass is 249 g/mol. The Labute approximate surface area is 107 Å². The van der Waals surface area contributed by atoms with Gasteiger partial charge in [-0.15, -0.1) is 0 Å². The molecule has 0 aromatic heterocycles. The van der Waals surface area contributed by atoms with Crippen LogP contribution in [0.25, 0.3) is 0 Å². The van der Waals surface area contributed by atoms with Crippen molar-refractivity contribution in [2.24, 2.45) is 0 Å². The van der Waals surface area contributed by atoms with Crippen LogP contribution in [0.1, 0.15) is 25.0 Å². The number of hydrogen-bond donors (Lipinski definition) is 1. The summed E-state index contributed by atoms with van der Waals surface area (Å²) >= 11 is 0. The van der Waals surface area contributed by atoms with Crippen LogP contribution in [0, 0.1) is 6.92 Å². The van der Waals surface area contributed by atoms with E-state index in [-0.39, 0.29) is 11.7 Å². The number of aldehydes is 1. The molecule has 1 amide bonds. The van der Waals surface area contributed by atoms with Gasteiger partial charge in [0.2, 0.25) is 6.29 Å². The number of hydrogen-bond acceptors (Lipinski definition) is 3. The summed E-state index contributed by atoms with van der Waals surface area (Å²) in [5.74, 6) is 0.181. The van der Waals surface area contributed by atoms with E-state index >= 15 is 0 Å². The Bertz CT molecular complexity index is 452. The molecule has 1 aromatic carbocycles. The largest absolute Gasteiger partial charge is 0.496 e. The molecule has 0 spiro atoms. The topological polar surface area (TPSA) is 55.4 Å². The highest BCUT2D eigenvalue weighted by molar-refractivity contribution is 6.23. The number of carbonyl (C=O) groups excluding carboxylic acids is 2. The number of rotatable bonds is 5. The number of aryl methyl sites for hydroxylation is 1. The molecule has 1 rings (SSSR count). The second-order valence-corrected chi connectivity index (χ2v) is 4.92. The van der Waals surface area contributed by atoms with Gasteiger partial charge in [0.15, 0.2) is 0 Å². The molecule has 4 nitrogen and oxygen atoms in total. The van der Waals surface area contributed by atoms with Crippen LogP contribution in [-0.4, -0.2) is 25.8 Å². The van der Waals surface area contributed by atoms with Gasteiger partial charge in [0.25, 0.3) is 5.91 Å². The van der Waals surface area contributed by atoms with Crippen molar-refractivity contribution in [1.29, 1.82) is 0 Å². The summed E-state index contributed by atoms with van der Waals surface area (Å²) in [6.07, 6.45) is 0.281. The molecule has 98 valence electrons. The Morgan fingerprint density at radius 1 is 1.44 bits per heavy atom. The van der Waals surface area contributed by atoms with E-state index in [0.29, 0.717) is 6.54 Å². The van der Waals surface area contributed by atoms with Crippen LogP contribution in [0.4, 0.5) is 0 Å². The Morgan fingerprint density at radius 2 is 2.11 bits per heavy atom. The van der Waals surface area contributed by atoms with E-state index in [1.807, 2.05) is 39.0 Å². The second-order valence-electron chi connectivity index (χ2n) is 4.92. The highest BCUT2D eigenvalue weighted by atomic mass is 16.5. The van der Waals surface area contributed by atoms with Gasteiger partial charge in [0.1, 0.15) is 5.75 Å². The van der Waals surface area contributed by atoms with Crippen molar-refractivity contribution in [2.45, 2.75) is 26.2 Å². The Balaban J connectivity index is 2.99. The minimum atomic E-state index is -0.602. The Morgan fingerprint density at radius 3 is 2.67 bits per heavy atom. The van der Waals surface area contributed by atoms with Gasteiger partial charge in [0, 0.05) is 17.5 Å². The summed E-state index contributed by atoms with van der Waals surface area (Å²) in [5.41, 5.74) is 1.83. The molecule has 0 aliphatic heterocycles. The van der Waals surface area contributed by atoms with E-state index in [2.05, 4.69) is 5.32 Å². The highest BCUT2D eigenvalue weighted by Crippen LogP contribution is 2.31. The van der Waals surface area contributed by atoms with Crippen LogP contribution in [0.15, 0.2) is 18.2 Å². The first kappa shape index (κ1) is 14.2. The van der Waals surface area contributed by atoms with Gasteiger partial charge in [-0.05, 0) is 13.0 Å². The summed E-state index contributed by atoms with van der Waals surface area (Å²) < 4.78 is 5.34. The van der Waals surface area contributed by atoms with Gasteiger partial charge in [-0.1, -0.05) is 31.5 Å². The van der Waals surface area contributed by atoms with Crippen LogP contribution < -0.4 is 10.1 Å². The van der Waals surface area contributed by atoms with Gasteiger partial charge >= 0.3 is 0 Å². The second kappa shape index (κ2) is 5.67. The molecule has 1 N–H and O–H groups in total. The summed E-state index contributed by atoms with van der Waals surface area (Å²) in [5, 5.41) is 2.58. The molecule has 0 aliphatic carbocycles. The highest BCUT2D eigenvalue weighted by Gasteiger charge is 2.25. The molecule has 4 heteroatoms. The average Bonchev–Trinajstić information content (AvgIpc) is 2.36. The standard InChI is InChI=1S/C14H19NO3/c1-10-5-6-12(18-4)11(7-10)14(2,3)9-15-13(17)8-16/h5-8H,9H2,1-4H3,(H,15,17). The molecule has 0 bridgehead atoms. The first-order chi connectivity index (χ1) is 8.40. The van der Waals surface area contributed by atoms with Gasteiger partial charge in [0.05, 0.1) is 7.11 Å². The molecule has 0 heterocycles. The van der Waals surface area contributed by atoms with E-state index in [1.165, 1.54) is 0 Å². The lowest BCUT2D eigenvalue weighted by atomic mass is 9.83. The van der Waals surface area contributed by atoms with Gasteiger partial charge < -0.3 is 10.1 Å². The van der Waals surface area contributed by atoms with Crippen molar-refractivity contribution < 1.29 is 14.3 Å². The average molecular weight is 249 g/mol. The number of nitrogens with one attached hydrogen (secondary N) is 1. The van der Waals surface area contributed by atoms with Gasteiger partial charge in [-0.3, -0.25) is 9.59 Å². The Kier molecular flexibility index (Phi) is 4.48. The molecule has 0 saturated carbocycles. The van der Waals surface area contributed by atoms with E-state index in [0.717, 1.165) is 16.9 Å². The number of benzene rings is 1. The van der Waals surface area contributed by atoms with E-state index < -0.39 is 5.91 Å². The number of ether oxygens (including phenoxy) is 1. The molecule has 0 atom stereocenters. The maximum Gasteiger partial charge on any atom is 0.284 e. The first-order valence-corrected chi connectivity index (χ1v) is 5.79. The smallest absolute Gasteiger partial charge is 0.284 e. The molecular weight excluding hydrogens is 230 g/mol. The number of amides is 1. The summed E-state index contributed by atoms with van der Waals surface area (Å²) in [4.78, 5) is 21.3. The van der Waals surface area contributed by atoms with Crippen molar-refractivity contribution in [1.82, 2.24) is 5.32 Å². The zero-order chi connectivity index (χ0) is 13.8. The van der Waals surface area contributed by atoms with Crippen molar-refractivity contribution in [3.63, 3.8) is 0 Å². The fraction of sp³-hybridized carbons (Fsp3) is 0.429. The lowest BCUT2D eigenvalue weighted by Gasteiger charge is -2.27. The molecule has 0 aliphatic rings. The number of methoxy groups -OCH3 is 1. The normalized spacial score (nSPS) is 10.9. The van der Waals surface area contributed by atoms with E-state index in [1.54, 1.807) is 7.11 Å². The third kappa shape index (κ3) is 3.32. The van der Waals surface area contributed by atoms with Crippen LogP contribution in [0.3, 0.4) is 0 Å². The maximum absolute atomic E-state index is 11.0. The lowest BCUT2D eigenvalue weighted by Crippen LogP contribution is -2.37. The van der Waals surface area contributed by atoms with Crippen LogP contribution >= 0.6 is 0 Å². The fourth-order valence-electron chi connectivity index (χ4n) is 1.80. The molecule has 0 radical (unpaired) electrons.